The number of carbonyl (C=O) groups excluding carboxylic acids is 3. The van der Waals surface area contributed by atoms with Crippen molar-refractivity contribution in [2.45, 2.75) is 88.9 Å². The molecule has 1 heterocycles. The number of thioether (sulfide) groups is 1. The molecule has 0 aliphatic rings. The zero-order valence-corrected chi connectivity index (χ0v) is 32.1. The molecule has 12 nitrogen and oxygen atoms in total. The predicted octanol–water partition coefficient (Wildman–Crippen LogP) is 5.15. The monoisotopic (exact) mass is 735 g/mol. The molecule has 0 spiro atoms. The number of hydrogen-bond donors (Lipinski definition) is 5. The second kappa shape index (κ2) is 18.7. The lowest BCUT2D eigenvalue weighted by Crippen LogP contribution is -2.60. The van der Waals surface area contributed by atoms with E-state index < -0.39 is 64.4 Å². The van der Waals surface area contributed by atoms with Crippen LogP contribution in [0.1, 0.15) is 52.2 Å². The first-order chi connectivity index (χ1) is 24.5. The van der Waals surface area contributed by atoms with Crippen LogP contribution in [0.3, 0.4) is 0 Å². The molecular weight excluding hydrogens is 683 g/mol. The first-order valence-corrected chi connectivity index (χ1v) is 18.4. The lowest BCUT2D eigenvalue weighted by atomic mass is 9.85. The molecule has 282 valence electrons. The Morgan fingerprint density at radius 2 is 1.46 bits per heavy atom. The van der Waals surface area contributed by atoms with E-state index in [-0.39, 0.29) is 12.8 Å². The van der Waals surface area contributed by atoms with Gasteiger partial charge < -0.3 is 30.9 Å². The number of carboxylic acid groups (broad SMARTS) is 1. The largest absolute Gasteiger partial charge is 0.465 e. The molecule has 0 bridgehead atoms. The van der Waals surface area contributed by atoms with E-state index in [4.69, 9.17) is 4.74 Å². The topological polar surface area (TPSA) is 170 Å². The van der Waals surface area contributed by atoms with Gasteiger partial charge in [-0.3, -0.25) is 19.5 Å². The van der Waals surface area contributed by atoms with Crippen LogP contribution >= 0.6 is 11.8 Å². The highest BCUT2D eigenvalue weighted by molar-refractivity contribution is 8.00. The van der Waals surface area contributed by atoms with Gasteiger partial charge >= 0.3 is 12.2 Å². The Morgan fingerprint density at radius 1 is 0.846 bits per heavy atom. The minimum absolute atomic E-state index is 0.0198. The molecule has 5 N–H and O–H groups in total. The number of likely N-dealkylation sites (N-methyl/N-ethyl adjacent to an activating group) is 1. The van der Waals surface area contributed by atoms with Gasteiger partial charge in [-0.2, -0.15) is 11.8 Å². The van der Waals surface area contributed by atoms with Crippen LogP contribution in [0, 0.1) is 5.41 Å². The van der Waals surface area contributed by atoms with Gasteiger partial charge in [-0.1, -0.05) is 81.4 Å². The Morgan fingerprint density at radius 3 is 2.00 bits per heavy atom. The number of ether oxygens (including phenoxy) is 1. The van der Waals surface area contributed by atoms with Crippen molar-refractivity contribution in [2.24, 2.45) is 5.41 Å². The van der Waals surface area contributed by atoms with Gasteiger partial charge in [-0.05, 0) is 68.0 Å². The molecule has 52 heavy (non-hydrogen) atoms. The molecule has 0 aliphatic heterocycles. The van der Waals surface area contributed by atoms with Crippen LogP contribution in [0.4, 0.5) is 9.59 Å². The molecule has 0 saturated heterocycles. The van der Waals surface area contributed by atoms with E-state index in [0.717, 1.165) is 27.3 Å². The van der Waals surface area contributed by atoms with Gasteiger partial charge in [0.15, 0.2) is 0 Å². The van der Waals surface area contributed by atoms with Gasteiger partial charge in [-0.15, -0.1) is 0 Å². The van der Waals surface area contributed by atoms with Crippen LogP contribution in [-0.4, -0.2) is 99.5 Å². The Kier molecular flexibility index (Phi) is 15.1. The van der Waals surface area contributed by atoms with Crippen molar-refractivity contribution in [3.8, 4) is 11.3 Å². The number of alkyl carbamates (subject to hydrolysis) is 1. The second-order valence-electron chi connectivity index (χ2n) is 14.5. The minimum Gasteiger partial charge on any atom is -0.465 e. The maximum Gasteiger partial charge on any atom is 0.407 e. The van der Waals surface area contributed by atoms with Crippen molar-refractivity contribution in [3.05, 3.63) is 90.1 Å². The summed E-state index contributed by atoms with van der Waals surface area (Å²) in [5.74, 6) is -1.02. The molecule has 0 aliphatic carbocycles. The predicted molar refractivity (Wildman–Crippen MR) is 204 cm³/mol. The summed E-state index contributed by atoms with van der Waals surface area (Å²) in [5.41, 5.74) is 2.76. The molecule has 3 aromatic rings. The maximum absolute atomic E-state index is 14.0. The van der Waals surface area contributed by atoms with Crippen LogP contribution in [0.5, 0.6) is 0 Å². The first-order valence-electron chi connectivity index (χ1n) is 17.1. The van der Waals surface area contributed by atoms with Crippen molar-refractivity contribution < 1.29 is 34.1 Å². The number of carbonyl (C=O) groups is 4. The second-order valence-corrected chi connectivity index (χ2v) is 15.9. The van der Waals surface area contributed by atoms with Crippen LogP contribution in [0.15, 0.2) is 79.0 Å². The summed E-state index contributed by atoms with van der Waals surface area (Å²) in [5, 5.41) is 30.5. The van der Waals surface area contributed by atoms with Gasteiger partial charge in [0.25, 0.3) is 0 Å². The minimum atomic E-state index is -1.26. The molecule has 13 heteroatoms. The summed E-state index contributed by atoms with van der Waals surface area (Å²) in [6.07, 6.45) is 0.913. The van der Waals surface area contributed by atoms with E-state index in [1.165, 1.54) is 25.9 Å². The number of aliphatic hydroxyl groups excluding tert-OH is 1. The normalized spacial score (nSPS) is 14.6. The third-order valence-electron chi connectivity index (χ3n) is 9.06. The third-order valence-corrected chi connectivity index (χ3v) is 10.3. The molecule has 2 aromatic carbocycles. The molecule has 0 saturated carbocycles. The fourth-order valence-electron chi connectivity index (χ4n) is 6.01. The highest BCUT2D eigenvalue weighted by Crippen LogP contribution is 2.30. The quantitative estimate of drug-likeness (QED) is 0.134. The Hall–Kier alpha value is -4.62. The molecule has 0 radical (unpaired) electrons. The van der Waals surface area contributed by atoms with Crippen LogP contribution < -0.4 is 16.0 Å². The van der Waals surface area contributed by atoms with Gasteiger partial charge in [0.1, 0.15) is 12.1 Å². The number of nitrogens with one attached hydrogen (secondary N) is 3. The summed E-state index contributed by atoms with van der Waals surface area (Å²) < 4.78 is 3.99. The van der Waals surface area contributed by atoms with Crippen molar-refractivity contribution in [2.75, 3.05) is 20.4 Å². The molecule has 1 aromatic heterocycles. The van der Waals surface area contributed by atoms with Crippen LogP contribution in [-0.2, 0) is 27.2 Å². The number of benzene rings is 2. The third kappa shape index (κ3) is 12.0. The van der Waals surface area contributed by atoms with Gasteiger partial charge in [-0.25, -0.2) is 9.59 Å². The number of aromatic nitrogens is 1. The van der Waals surface area contributed by atoms with E-state index in [9.17, 15) is 29.4 Å². The SMILES string of the molecule is COC(=O)N[C@H](C(=O)N[C@@H](Cc1ccc(-c2ccccn2)cc1)C[C@H](O)[C@H](Cc1ccccc1)NC(=O)[C@@H](N(C)C(=O)O)C(C)(C)SC)C(C)(C)C. The van der Waals surface area contributed by atoms with Gasteiger partial charge in [0.05, 0.1) is 24.9 Å². The fourth-order valence-corrected chi connectivity index (χ4v) is 6.50. The average molecular weight is 736 g/mol. The molecule has 0 fully saturated rings. The first kappa shape index (κ1) is 41.8. The smallest absolute Gasteiger partial charge is 0.407 e. The van der Waals surface area contributed by atoms with Crippen LogP contribution in [0.25, 0.3) is 11.3 Å². The van der Waals surface area contributed by atoms with E-state index in [2.05, 4.69) is 20.9 Å². The summed E-state index contributed by atoms with van der Waals surface area (Å²) in [6.45, 7) is 9.05. The van der Waals surface area contributed by atoms with Crippen molar-refractivity contribution >= 4 is 35.8 Å². The number of methoxy groups -OCH3 is 1. The summed E-state index contributed by atoms with van der Waals surface area (Å²) >= 11 is 1.36. The lowest BCUT2D eigenvalue weighted by molar-refractivity contribution is -0.129. The molecule has 0 unspecified atom stereocenters. The Labute approximate surface area is 311 Å². The molecule has 4 amide bonds. The number of amides is 4. The van der Waals surface area contributed by atoms with E-state index in [1.807, 2.05) is 99.8 Å². The highest BCUT2D eigenvalue weighted by atomic mass is 32.2. The standard InChI is InChI=1S/C39H53N5O7S/c1-38(2,3)32(43-36(48)51-7)34(46)41-28(22-26-17-19-27(20-18-26)29-16-12-13-21-40-29)24-31(45)30(23-25-14-10-9-11-15-25)42-35(47)33(39(4,5)52-8)44(6)37(49)50/h9-21,28,30-33,45H,22-24H2,1-8H3,(H,41,46)(H,42,47)(H,43,48)(H,49,50)/t28-,30-,31-,32+,33+/m0/s1. The number of aliphatic hydroxyl groups is 1. The highest BCUT2D eigenvalue weighted by Gasteiger charge is 2.42. The van der Waals surface area contributed by atoms with Crippen molar-refractivity contribution in [1.29, 1.82) is 0 Å². The van der Waals surface area contributed by atoms with Crippen molar-refractivity contribution in [3.63, 3.8) is 0 Å². The molecular formula is C39H53N5O7S. The summed E-state index contributed by atoms with van der Waals surface area (Å²) in [6, 6.07) is 19.2. The Balaban J connectivity index is 1.99. The van der Waals surface area contributed by atoms with E-state index >= 15 is 0 Å². The number of pyridine rings is 1. The number of hydrogen-bond acceptors (Lipinski definition) is 8. The number of rotatable bonds is 16. The van der Waals surface area contributed by atoms with Crippen LogP contribution in [0.2, 0.25) is 0 Å². The van der Waals surface area contributed by atoms with Gasteiger partial charge in [0.2, 0.25) is 11.8 Å². The zero-order valence-electron chi connectivity index (χ0n) is 31.3. The summed E-state index contributed by atoms with van der Waals surface area (Å²) in [7, 11) is 2.58. The molecule has 5 atom stereocenters. The maximum atomic E-state index is 14.0. The number of nitrogens with zero attached hydrogens (tertiary/aromatic N) is 2. The van der Waals surface area contributed by atoms with E-state index in [1.54, 1.807) is 20.0 Å². The average Bonchev–Trinajstić information content (AvgIpc) is 3.10. The Bertz CT molecular complexity index is 1620. The summed E-state index contributed by atoms with van der Waals surface area (Å²) in [4.78, 5) is 57.5. The fraction of sp³-hybridized carbons (Fsp3) is 0.462. The lowest BCUT2D eigenvalue weighted by Gasteiger charge is -2.38. The van der Waals surface area contributed by atoms with Gasteiger partial charge in [0, 0.05) is 29.6 Å². The molecule has 3 rings (SSSR count). The van der Waals surface area contributed by atoms with E-state index in [0.29, 0.717) is 6.42 Å². The zero-order chi connectivity index (χ0) is 38.6. The van der Waals surface area contributed by atoms with Crippen molar-refractivity contribution in [1.82, 2.24) is 25.8 Å².